The van der Waals surface area contributed by atoms with Crippen LogP contribution in [0.1, 0.15) is 17.9 Å². The molecule has 2 heterocycles. The third-order valence-electron chi connectivity index (χ3n) is 3.55. The van der Waals surface area contributed by atoms with Crippen molar-refractivity contribution < 1.29 is 4.74 Å². The molecule has 0 amide bonds. The molecule has 21 heavy (non-hydrogen) atoms. The highest BCUT2D eigenvalue weighted by molar-refractivity contribution is 6.30. The van der Waals surface area contributed by atoms with Crippen molar-refractivity contribution in [2.75, 3.05) is 0 Å². The van der Waals surface area contributed by atoms with E-state index in [9.17, 15) is 0 Å². The first-order chi connectivity index (χ1) is 10.3. The standard InChI is InChI=1S/C16H12ClN3O/c17-12-7-5-11(6-8-12)15-9-10-16(21-15)20-14-4-2-1-3-13(14)18-19-20/h1-10,15-16H. The Morgan fingerprint density at radius 3 is 2.67 bits per heavy atom. The van der Waals surface area contributed by atoms with Gasteiger partial charge in [-0.1, -0.05) is 47.2 Å². The molecular formula is C16H12ClN3O. The smallest absolute Gasteiger partial charge is 0.172 e. The van der Waals surface area contributed by atoms with Crippen LogP contribution >= 0.6 is 11.6 Å². The Hall–Kier alpha value is -2.17. The molecule has 0 bridgehead atoms. The van der Waals surface area contributed by atoms with Gasteiger partial charge in [-0.2, -0.15) is 0 Å². The van der Waals surface area contributed by atoms with E-state index in [1.165, 1.54) is 0 Å². The third-order valence-corrected chi connectivity index (χ3v) is 3.81. The minimum atomic E-state index is -0.238. The van der Waals surface area contributed by atoms with Gasteiger partial charge >= 0.3 is 0 Å². The Bertz CT molecular complexity index is 810. The maximum absolute atomic E-state index is 6.05. The van der Waals surface area contributed by atoms with Crippen LogP contribution in [0.15, 0.2) is 60.7 Å². The van der Waals surface area contributed by atoms with Crippen molar-refractivity contribution in [3.63, 3.8) is 0 Å². The fraction of sp³-hybridized carbons (Fsp3) is 0.125. The summed E-state index contributed by atoms with van der Waals surface area (Å²) >= 11 is 5.91. The molecule has 104 valence electrons. The molecule has 2 atom stereocenters. The second-order valence-corrected chi connectivity index (χ2v) is 5.34. The zero-order valence-electron chi connectivity index (χ0n) is 11.1. The van der Waals surface area contributed by atoms with Crippen LogP contribution in [0.5, 0.6) is 0 Å². The largest absolute Gasteiger partial charge is 0.341 e. The molecule has 0 saturated heterocycles. The number of benzene rings is 2. The summed E-state index contributed by atoms with van der Waals surface area (Å²) < 4.78 is 7.84. The Balaban J connectivity index is 1.62. The van der Waals surface area contributed by atoms with Crippen molar-refractivity contribution >= 4 is 22.6 Å². The van der Waals surface area contributed by atoms with Crippen LogP contribution in [0.3, 0.4) is 0 Å². The molecule has 2 aromatic carbocycles. The number of fused-ring (bicyclic) bond motifs is 1. The molecule has 4 nitrogen and oxygen atoms in total. The number of aromatic nitrogens is 3. The van der Waals surface area contributed by atoms with E-state index in [1.807, 2.05) is 60.7 Å². The Morgan fingerprint density at radius 1 is 1.00 bits per heavy atom. The van der Waals surface area contributed by atoms with Crippen molar-refractivity contribution in [2.45, 2.75) is 12.3 Å². The van der Waals surface area contributed by atoms with Crippen molar-refractivity contribution in [1.29, 1.82) is 0 Å². The fourth-order valence-corrected chi connectivity index (χ4v) is 2.62. The molecule has 0 fully saturated rings. The molecule has 4 rings (SSSR count). The van der Waals surface area contributed by atoms with Gasteiger partial charge in [0.2, 0.25) is 0 Å². The number of para-hydroxylation sites is 1. The molecule has 0 N–H and O–H groups in total. The monoisotopic (exact) mass is 297 g/mol. The second-order valence-electron chi connectivity index (χ2n) is 4.91. The third kappa shape index (κ3) is 2.22. The van der Waals surface area contributed by atoms with Crippen molar-refractivity contribution in [1.82, 2.24) is 15.0 Å². The fourth-order valence-electron chi connectivity index (χ4n) is 2.49. The average Bonchev–Trinajstić information content (AvgIpc) is 3.14. The Kier molecular flexibility index (Phi) is 2.98. The highest BCUT2D eigenvalue weighted by Gasteiger charge is 2.24. The highest BCUT2D eigenvalue weighted by Crippen LogP contribution is 2.33. The van der Waals surface area contributed by atoms with E-state index in [2.05, 4.69) is 10.3 Å². The van der Waals surface area contributed by atoms with Gasteiger partial charge in [-0.05, 0) is 35.9 Å². The van der Waals surface area contributed by atoms with Crippen LogP contribution in [-0.4, -0.2) is 15.0 Å². The second kappa shape index (κ2) is 4.98. The lowest BCUT2D eigenvalue weighted by Gasteiger charge is -2.15. The van der Waals surface area contributed by atoms with Gasteiger partial charge in [0, 0.05) is 5.02 Å². The highest BCUT2D eigenvalue weighted by atomic mass is 35.5. The molecule has 0 aliphatic carbocycles. The topological polar surface area (TPSA) is 39.9 Å². The SMILES string of the molecule is Clc1ccc(C2C=CC(n3nnc4ccccc43)O2)cc1. The number of hydrogen-bond acceptors (Lipinski definition) is 3. The van der Waals surface area contributed by atoms with Gasteiger partial charge in [0.15, 0.2) is 6.23 Å². The van der Waals surface area contributed by atoms with Crippen LogP contribution in [0.25, 0.3) is 11.0 Å². The first-order valence-electron chi connectivity index (χ1n) is 6.70. The number of hydrogen-bond donors (Lipinski definition) is 0. The molecule has 3 aromatic rings. The quantitative estimate of drug-likeness (QED) is 0.673. The van der Waals surface area contributed by atoms with Gasteiger partial charge in [-0.3, -0.25) is 0 Å². The molecule has 2 unspecified atom stereocenters. The van der Waals surface area contributed by atoms with Gasteiger partial charge in [0.05, 0.1) is 5.52 Å². The van der Waals surface area contributed by atoms with Crippen LogP contribution in [0.2, 0.25) is 5.02 Å². The summed E-state index contributed by atoms with van der Waals surface area (Å²) in [4.78, 5) is 0. The summed E-state index contributed by atoms with van der Waals surface area (Å²) in [6, 6.07) is 15.5. The first-order valence-corrected chi connectivity index (χ1v) is 7.08. The lowest BCUT2D eigenvalue weighted by atomic mass is 10.1. The molecule has 1 aromatic heterocycles. The lowest BCUT2D eigenvalue weighted by molar-refractivity contribution is 0.0117. The van der Waals surface area contributed by atoms with E-state index in [-0.39, 0.29) is 12.3 Å². The summed E-state index contributed by atoms with van der Waals surface area (Å²) in [6.45, 7) is 0. The molecule has 0 spiro atoms. The van der Waals surface area contributed by atoms with Crippen LogP contribution in [0, 0.1) is 0 Å². The molecule has 1 aliphatic heterocycles. The van der Waals surface area contributed by atoms with Gasteiger partial charge in [-0.25, -0.2) is 4.68 Å². The lowest BCUT2D eigenvalue weighted by Crippen LogP contribution is -2.10. The molecule has 0 saturated carbocycles. The van der Waals surface area contributed by atoms with Crippen LogP contribution < -0.4 is 0 Å². The van der Waals surface area contributed by atoms with E-state index >= 15 is 0 Å². The van der Waals surface area contributed by atoms with E-state index in [4.69, 9.17) is 16.3 Å². The van der Waals surface area contributed by atoms with Gasteiger partial charge in [0.25, 0.3) is 0 Å². The maximum Gasteiger partial charge on any atom is 0.172 e. The van der Waals surface area contributed by atoms with Gasteiger partial charge < -0.3 is 4.74 Å². The number of ether oxygens (including phenoxy) is 1. The zero-order valence-corrected chi connectivity index (χ0v) is 11.8. The summed E-state index contributed by atoms with van der Waals surface area (Å²) in [7, 11) is 0. The summed E-state index contributed by atoms with van der Waals surface area (Å²) in [6.07, 6.45) is 3.71. The molecule has 5 heteroatoms. The number of nitrogens with zero attached hydrogens (tertiary/aromatic N) is 3. The normalized spacial score (nSPS) is 21.2. The van der Waals surface area contributed by atoms with Gasteiger partial charge in [-0.15, -0.1) is 5.10 Å². The zero-order chi connectivity index (χ0) is 14.2. The van der Waals surface area contributed by atoms with E-state index in [0.29, 0.717) is 0 Å². The van der Waals surface area contributed by atoms with Crippen molar-refractivity contribution in [3.8, 4) is 0 Å². The Morgan fingerprint density at radius 2 is 1.81 bits per heavy atom. The van der Waals surface area contributed by atoms with E-state index < -0.39 is 0 Å². The maximum atomic E-state index is 6.05. The van der Waals surface area contributed by atoms with Gasteiger partial charge in [0.1, 0.15) is 11.6 Å². The van der Waals surface area contributed by atoms with Crippen LogP contribution in [-0.2, 0) is 4.74 Å². The summed E-state index contributed by atoms with van der Waals surface area (Å²) in [5.41, 5.74) is 2.90. The number of halogens is 1. The minimum absolute atomic E-state index is 0.0878. The first kappa shape index (κ1) is 12.6. The number of rotatable bonds is 2. The van der Waals surface area contributed by atoms with Crippen molar-refractivity contribution in [2.24, 2.45) is 0 Å². The Labute approximate surface area is 126 Å². The summed E-state index contributed by atoms with van der Waals surface area (Å²) in [5.74, 6) is 0. The minimum Gasteiger partial charge on any atom is -0.341 e. The van der Waals surface area contributed by atoms with Crippen molar-refractivity contribution in [3.05, 3.63) is 71.3 Å². The van der Waals surface area contributed by atoms with E-state index in [0.717, 1.165) is 21.6 Å². The summed E-state index contributed by atoms with van der Waals surface area (Å²) in [5, 5.41) is 9.06. The molecular weight excluding hydrogens is 286 g/mol. The molecule has 0 radical (unpaired) electrons. The predicted octanol–water partition coefficient (Wildman–Crippen LogP) is 3.91. The van der Waals surface area contributed by atoms with E-state index in [1.54, 1.807) is 4.68 Å². The average molecular weight is 298 g/mol. The molecule has 1 aliphatic rings. The van der Waals surface area contributed by atoms with Crippen LogP contribution in [0.4, 0.5) is 0 Å². The predicted molar refractivity (Wildman–Crippen MR) is 81.0 cm³/mol.